The fourth-order valence-corrected chi connectivity index (χ4v) is 1.60. The third kappa shape index (κ3) is 2.59. The highest BCUT2D eigenvalue weighted by Crippen LogP contribution is 2.12. The lowest BCUT2D eigenvalue weighted by Crippen LogP contribution is -2.43. The molecule has 0 unspecified atom stereocenters. The second-order valence-electron chi connectivity index (χ2n) is 3.97. The number of hydrogen-bond donors (Lipinski definition) is 2. The number of carbonyl (C=O) groups excluding carboxylic acids is 1. The number of nitriles is 1. The Kier molecular flexibility index (Phi) is 3.18. The summed E-state index contributed by atoms with van der Waals surface area (Å²) in [7, 11) is 0. The van der Waals surface area contributed by atoms with E-state index in [1.54, 1.807) is 24.3 Å². The summed E-state index contributed by atoms with van der Waals surface area (Å²) in [4.78, 5) is 11.6. The summed E-state index contributed by atoms with van der Waals surface area (Å²) in [6, 6.07) is 8.92. The van der Waals surface area contributed by atoms with Gasteiger partial charge in [-0.3, -0.25) is 4.79 Å². The summed E-state index contributed by atoms with van der Waals surface area (Å²) in [6.07, 6.45) is 0.563. The first-order valence-corrected chi connectivity index (χ1v) is 5.28. The molecule has 4 nitrogen and oxygen atoms in total. The van der Waals surface area contributed by atoms with Gasteiger partial charge in [-0.05, 0) is 43.3 Å². The van der Waals surface area contributed by atoms with Gasteiger partial charge in [0, 0.05) is 12.1 Å². The fraction of sp³-hybridized carbons (Fsp3) is 0.333. The maximum absolute atomic E-state index is 11.6. The molecule has 82 valence electrons. The van der Waals surface area contributed by atoms with Crippen LogP contribution in [0.15, 0.2) is 24.3 Å². The van der Waals surface area contributed by atoms with E-state index in [9.17, 15) is 4.79 Å². The molecule has 1 aromatic rings. The molecule has 0 bridgehead atoms. The summed E-state index contributed by atoms with van der Waals surface area (Å²) >= 11 is 0. The lowest BCUT2D eigenvalue weighted by Gasteiger charge is -2.26. The van der Waals surface area contributed by atoms with Crippen molar-refractivity contribution in [2.45, 2.75) is 6.42 Å². The number of hydrogen-bond acceptors (Lipinski definition) is 3. The summed E-state index contributed by atoms with van der Waals surface area (Å²) in [5, 5.41) is 14.6. The number of amides is 1. The van der Waals surface area contributed by atoms with Crippen LogP contribution in [0.3, 0.4) is 0 Å². The van der Waals surface area contributed by atoms with E-state index in [1.165, 1.54) is 0 Å². The van der Waals surface area contributed by atoms with Crippen LogP contribution in [0.2, 0.25) is 0 Å². The number of nitrogens with one attached hydrogen (secondary N) is 2. The van der Waals surface area contributed by atoms with Gasteiger partial charge in [0.15, 0.2) is 0 Å². The van der Waals surface area contributed by atoms with Gasteiger partial charge in [-0.25, -0.2) is 0 Å². The lowest BCUT2D eigenvalue weighted by molar-refractivity contribution is -0.117. The van der Waals surface area contributed by atoms with Gasteiger partial charge in [-0.1, -0.05) is 0 Å². The average molecular weight is 215 g/mol. The molecular weight excluding hydrogens is 202 g/mol. The van der Waals surface area contributed by atoms with Crippen molar-refractivity contribution >= 4 is 11.6 Å². The Morgan fingerprint density at radius 1 is 1.44 bits per heavy atom. The molecule has 16 heavy (non-hydrogen) atoms. The number of benzene rings is 1. The molecule has 1 heterocycles. The summed E-state index contributed by atoms with van der Waals surface area (Å²) in [5.41, 5.74) is 1.34. The molecule has 0 saturated carbocycles. The van der Waals surface area contributed by atoms with Crippen LogP contribution in [-0.2, 0) is 4.79 Å². The Hall–Kier alpha value is -1.86. The van der Waals surface area contributed by atoms with E-state index in [0.717, 1.165) is 18.8 Å². The zero-order valence-corrected chi connectivity index (χ0v) is 8.86. The van der Waals surface area contributed by atoms with Crippen LogP contribution < -0.4 is 10.6 Å². The minimum atomic E-state index is 0.0382. The van der Waals surface area contributed by atoms with E-state index in [2.05, 4.69) is 10.6 Å². The molecule has 1 saturated heterocycles. The Bertz CT molecular complexity index is 415. The second kappa shape index (κ2) is 4.77. The van der Waals surface area contributed by atoms with Crippen LogP contribution in [0.5, 0.6) is 0 Å². The zero-order valence-electron chi connectivity index (χ0n) is 8.86. The summed E-state index contributed by atoms with van der Waals surface area (Å²) < 4.78 is 0. The SMILES string of the molecule is N#Cc1ccc(NC(=O)CC2CNC2)cc1. The molecule has 0 spiro atoms. The monoisotopic (exact) mass is 215 g/mol. The molecule has 0 aromatic heterocycles. The minimum Gasteiger partial charge on any atom is -0.326 e. The van der Waals surface area contributed by atoms with Crippen molar-refractivity contribution < 1.29 is 4.79 Å². The van der Waals surface area contributed by atoms with E-state index in [-0.39, 0.29) is 5.91 Å². The van der Waals surface area contributed by atoms with Gasteiger partial charge in [-0.15, -0.1) is 0 Å². The van der Waals surface area contributed by atoms with Gasteiger partial charge in [-0.2, -0.15) is 5.26 Å². The van der Waals surface area contributed by atoms with Crippen molar-refractivity contribution in [1.82, 2.24) is 5.32 Å². The highest BCUT2D eigenvalue weighted by atomic mass is 16.1. The number of rotatable bonds is 3. The fourth-order valence-electron chi connectivity index (χ4n) is 1.60. The summed E-state index contributed by atoms with van der Waals surface area (Å²) in [6.45, 7) is 1.86. The van der Waals surface area contributed by atoms with Crippen molar-refractivity contribution in [1.29, 1.82) is 5.26 Å². The average Bonchev–Trinajstić information content (AvgIpc) is 2.25. The van der Waals surface area contributed by atoms with E-state index >= 15 is 0 Å². The first-order valence-electron chi connectivity index (χ1n) is 5.28. The van der Waals surface area contributed by atoms with Crippen LogP contribution >= 0.6 is 0 Å². The molecule has 1 aliphatic rings. The van der Waals surface area contributed by atoms with Crippen LogP contribution in [0.25, 0.3) is 0 Å². The smallest absolute Gasteiger partial charge is 0.224 e. The second-order valence-corrected chi connectivity index (χ2v) is 3.97. The van der Waals surface area contributed by atoms with Crippen molar-refractivity contribution in [2.75, 3.05) is 18.4 Å². The topological polar surface area (TPSA) is 64.9 Å². The van der Waals surface area contributed by atoms with Gasteiger partial charge in [0.2, 0.25) is 5.91 Å². The Balaban J connectivity index is 1.87. The molecule has 0 atom stereocenters. The van der Waals surface area contributed by atoms with Gasteiger partial charge >= 0.3 is 0 Å². The van der Waals surface area contributed by atoms with Crippen molar-refractivity contribution in [2.24, 2.45) is 5.92 Å². The Morgan fingerprint density at radius 2 is 2.12 bits per heavy atom. The maximum atomic E-state index is 11.6. The molecule has 0 aliphatic carbocycles. The number of anilines is 1. The van der Waals surface area contributed by atoms with E-state index in [0.29, 0.717) is 17.9 Å². The Labute approximate surface area is 94.3 Å². The molecule has 4 heteroatoms. The first-order chi connectivity index (χ1) is 7.78. The highest BCUT2D eigenvalue weighted by molar-refractivity contribution is 5.90. The predicted molar refractivity (Wildman–Crippen MR) is 60.8 cm³/mol. The van der Waals surface area contributed by atoms with Crippen molar-refractivity contribution in [3.8, 4) is 6.07 Å². The number of carbonyl (C=O) groups is 1. The van der Waals surface area contributed by atoms with Crippen molar-refractivity contribution in [3.05, 3.63) is 29.8 Å². The number of nitrogens with zero attached hydrogens (tertiary/aromatic N) is 1. The van der Waals surface area contributed by atoms with Crippen LogP contribution in [-0.4, -0.2) is 19.0 Å². The highest BCUT2D eigenvalue weighted by Gasteiger charge is 2.19. The third-order valence-electron chi connectivity index (χ3n) is 2.64. The van der Waals surface area contributed by atoms with Gasteiger partial charge in [0.05, 0.1) is 11.6 Å². The molecule has 0 radical (unpaired) electrons. The predicted octanol–water partition coefficient (Wildman–Crippen LogP) is 1.11. The van der Waals surface area contributed by atoms with Crippen LogP contribution in [0.1, 0.15) is 12.0 Å². The van der Waals surface area contributed by atoms with Gasteiger partial charge < -0.3 is 10.6 Å². The standard InChI is InChI=1S/C12H13N3O/c13-6-9-1-3-11(4-2-9)15-12(16)5-10-7-14-8-10/h1-4,10,14H,5,7-8H2,(H,15,16). The maximum Gasteiger partial charge on any atom is 0.224 e. The third-order valence-corrected chi connectivity index (χ3v) is 2.64. The lowest BCUT2D eigenvalue weighted by atomic mass is 9.99. The molecule has 2 rings (SSSR count). The summed E-state index contributed by atoms with van der Waals surface area (Å²) in [5.74, 6) is 0.509. The zero-order chi connectivity index (χ0) is 11.4. The minimum absolute atomic E-state index is 0.0382. The molecule has 2 N–H and O–H groups in total. The van der Waals surface area contributed by atoms with Gasteiger partial charge in [0.1, 0.15) is 0 Å². The van der Waals surface area contributed by atoms with Crippen molar-refractivity contribution in [3.63, 3.8) is 0 Å². The molecule has 1 amide bonds. The Morgan fingerprint density at radius 3 is 2.62 bits per heavy atom. The van der Waals surface area contributed by atoms with E-state index in [4.69, 9.17) is 5.26 Å². The molecular formula is C12H13N3O. The molecule has 1 aromatic carbocycles. The van der Waals surface area contributed by atoms with Crippen LogP contribution in [0, 0.1) is 17.2 Å². The largest absolute Gasteiger partial charge is 0.326 e. The quantitative estimate of drug-likeness (QED) is 0.793. The van der Waals surface area contributed by atoms with E-state index in [1.807, 2.05) is 6.07 Å². The molecule has 1 aliphatic heterocycles. The normalized spacial score (nSPS) is 14.9. The van der Waals surface area contributed by atoms with E-state index < -0.39 is 0 Å². The molecule has 1 fully saturated rings. The van der Waals surface area contributed by atoms with Crippen LogP contribution in [0.4, 0.5) is 5.69 Å². The first kappa shape index (κ1) is 10.7. The van der Waals surface area contributed by atoms with Gasteiger partial charge in [0.25, 0.3) is 0 Å².